The fraction of sp³-hybridized carbons (Fsp3) is 0.480. The van der Waals surface area contributed by atoms with E-state index in [9.17, 15) is 4.79 Å². The first-order valence-corrected chi connectivity index (χ1v) is 10.9. The minimum atomic E-state index is -0.383. The third kappa shape index (κ3) is 7.24. The van der Waals surface area contributed by atoms with Gasteiger partial charge in [-0.3, -0.25) is 4.79 Å². The molecule has 0 aromatic heterocycles. The third-order valence-corrected chi connectivity index (χ3v) is 5.53. The number of ether oxygens (including phenoxy) is 3. The minimum Gasteiger partial charge on any atom is -0.493 e. The highest BCUT2D eigenvalue weighted by Gasteiger charge is 2.23. The monoisotopic (exact) mass is 432 g/mol. The summed E-state index contributed by atoms with van der Waals surface area (Å²) in [7, 11) is 0. The zero-order valence-electron chi connectivity index (χ0n) is 18.6. The van der Waals surface area contributed by atoms with E-state index in [0.717, 1.165) is 24.5 Å². The smallest absolute Gasteiger partial charge is 0.302 e. The van der Waals surface area contributed by atoms with Crippen molar-refractivity contribution in [2.24, 2.45) is 5.92 Å². The Morgan fingerprint density at radius 3 is 1.80 bits per heavy atom. The lowest BCUT2D eigenvalue weighted by atomic mass is 9.78. The molecule has 0 aliphatic carbocycles. The number of halogens is 1. The summed E-state index contributed by atoms with van der Waals surface area (Å²) in [6, 6.07) is 16.4. The molecule has 2 rings (SSSR count). The van der Waals surface area contributed by atoms with Crippen molar-refractivity contribution in [2.45, 2.75) is 51.8 Å². The van der Waals surface area contributed by atoms with Crippen LogP contribution in [0.5, 0.6) is 11.5 Å². The second-order valence-corrected chi connectivity index (χ2v) is 8.83. The Kier molecular flexibility index (Phi) is 9.04. The molecule has 0 amide bonds. The molecule has 0 spiro atoms. The Balaban J connectivity index is 1.96. The average molecular weight is 433 g/mol. The average Bonchev–Trinajstić information content (AvgIpc) is 2.75. The van der Waals surface area contributed by atoms with Crippen LogP contribution in [0.25, 0.3) is 0 Å². The number of benzene rings is 2. The molecular formula is C25H33ClO4. The highest BCUT2D eigenvalue weighted by molar-refractivity contribution is 6.20. The zero-order valence-corrected chi connectivity index (χ0v) is 19.4. The maximum atomic E-state index is 10.8. The van der Waals surface area contributed by atoms with Crippen LogP contribution in [-0.4, -0.2) is 31.2 Å². The SMILES string of the molecule is CCC(C)COc1ccc(C(C)(C)c2ccc(OCC(Cl)COC(C)=O)cc2)cc1. The Labute approximate surface area is 185 Å². The molecule has 0 bridgehead atoms. The van der Waals surface area contributed by atoms with Crippen LogP contribution in [0.1, 0.15) is 52.2 Å². The summed E-state index contributed by atoms with van der Waals surface area (Å²) < 4.78 is 16.5. The highest BCUT2D eigenvalue weighted by atomic mass is 35.5. The van der Waals surface area contributed by atoms with Gasteiger partial charge in [0.2, 0.25) is 0 Å². The van der Waals surface area contributed by atoms with Gasteiger partial charge in [0, 0.05) is 12.3 Å². The van der Waals surface area contributed by atoms with Crippen LogP contribution in [0, 0.1) is 5.92 Å². The molecule has 0 aliphatic rings. The van der Waals surface area contributed by atoms with Gasteiger partial charge >= 0.3 is 5.97 Å². The van der Waals surface area contributed by atoms with Gasteiger partial charge in [0.05, 0.1) is 6.61 Å². The van der Waals surface area contributed by atoms with Crippen molar-refractivity contribution in [2.75, 3.05) is 19.8 Å². The Bertz CT molecular complexity index is 784. The molecule has 0 saturated carbocycles. The zero-order chi connectivity index (χ0) is 22.1. The molecule has 0 heterocycles. The summed E-state index contributed by atoms with van der Waals surface area (Å²) in [5, 5.41) is -0.383. The summed E-state index contributed by atoms with van der Waals surface area (Å²) >= 11 is 6.11. The predicted octanol–water partition coefficient (Wildman–Crippen LogP) is 5.99. The van der Waals surface area contributed by atoms with Crippen molar-refractivity contribution in [1.82, 2.24) is 0 Å². The van der Waals surface area contributed by atoms with E-state index < -0.39 is 0 Å². The van der Waals surface area contributed by atoms with E-state index in [1.165, 1.54) is 18.1 Å². The molecule has 0 N–H and O–H groups in total. The van der Waals surface area contributed by atoms with Gasteiger partial charge in [-0.15, -0.1) is 11.6 Å². The number of hydrogen-bond donors (Lipinski definition) is 0. The largest absolute Gasteiger partial charge is 0.493 e. The highest BCUT2D eigenvalue weighted by Crippen LogP contribution is 2.33. The molecule has 4 nitrogen and oxygen atoms in total. The molecule has 5 heteroatoms. The molecule has 2 aromatic rings. The van der Waals surface area contributed by atoms with E-state index in [-0.39, 0.29) is 30.0 Å². The van der Waals surface area contributed by atoms with Crippen LogP contribution in [0.2, 0.25) is 0 Å². The minimum absolute atomic E-state index is 0.138. The third-order valence-electron chi connectivity index (χ3n) is 5.28. The van der Waals surface area contributed by atoms with Gasteiger partial charge in [0.15, 0.2) is 0 Å². The van der Waals surface area contributed by atoms with Crippen molar-refractivity contribution < 1.29 is 19.0 Å². The standard InChI is InChI=1S/C25H33ClO4/c1-6-18(2)15-29-23-11-7-20(8-12-23)25(4,5)21-9-13-24(14-10-21)30-17-22(26)16-28-19(3)27/h7-14,18,22H,6,15-17H2,1-5H3. The number of carbonyl (C=O) groups excluding carboxylic acids is 1. The molecule has 164 valence electrons. The number of esters is 1. The van der Waals surface area contributed by atoms with Crippen LogP contribution in [-0.2, 0) is 14.9 Å². The normalized spacial score (nSPS) is 13.4. The molecule has 2 unspecified atom stereocenters. The molecule has 30 heavy (non-hydrogen) atoms. The van der Waals surface area contributed by atoms with Crippen molar-refractivity contribution in [3.63, 3.8) is 0 Å². The topological polar surface area (TPSA) is 44.8 Å². The quantitative estimate of drug-likeness (QED) is 0.323. The van der Waals surface area contributed by atoms with Crippen LogP contribution >= 0.6 is 11.6 Å². The van der Waals surface area contributed by atoms with Crippen molar-refractivity contribution in [3.8, 4) is 11.5 Å². The summed E-state index contributed by atoms with van der Waals surface area (Å²) in [6.45, 7) is 11.3. The number of carbonyl (C=O) groups is 1. The van der Waals surface area contributed by atoms with E-state index in [1.807, 2.05) is 24.3 Å². The molecule has 2 atom stereocenters. The van der Waals surface area contributed by atoms with Crippen molar-refractivity contribution in [3.05, 3.63) is 59.7 Å². The van der Waals surface area contributed by atoms with Gasteiger partial charge < -0.3 is 14.2 Å². The Hall–Kier alpha value is -2.20. The molecule has 2 aromatic carbocycles. The van der Waals surface area contributed by atoms with Gasteiger partial charge in [0.1, 0.15) is 30.1 Å². The van der Waals surface area contributed by atoms with E-state index in [1.54, 1.807) is 0 Å². The fourth-order valence-corrected chi connectivity index (χ4v) is 3.03. The lowest BCUT2D eigenvalue weighted by Gasteiger charge is -2.26. The van der Waals surface area contributed by atoms with Gasteiger partial charge in [-0.1, -0.05) is 58.4 Å². The van der Waals surface area contributed by atoms with Crippen LogP contribution in [0.4, 0.5) is 0 Å². The van der Waals surface area contributed by atoms with E-state index in [4.69, 9.17) is 25.8 Å². The molecule has 0 fully saturated rings. The van der Waals surface area contributed by atoms with E-state index in [0.29, 0.717) is 5.92 Å². The first-order chi connectivity index (χ1) is 14.2. The van der Waals surface area contributed by atoms with Crippen LogP contribution < -0.4 is 9.47 Å². The summed E-state index contributed by atoms with van der Waals surface area (Å²) in [5.74, 6) is 1.85. The predicted molar refractivity (Wildman–Crippen MR) is 122 cm³/mol. The van der Waals surface area contributed by atoms with Gasteiger partial charge in [-0.25, -0.2) is 0 Å². The summed E-state index contributed by atoms with van der Waals surface area (Å²) in [6.07, 6.45) is 1.11. The summed E-state index contributed by atoms with van der Waals surface area (Å²) in [5.41, 5.74) is 2.25. The first kappa shape index (κ1) is 24.1. The molecule has 0 aliphatic heterocycles. The Morgan fingerprint density at radius 2 is 1.37 bits per heavy atom. The maximum absolute atomic E-state index is 10.8. The first-order valence-electron chi connectivity index (χ1n) is 10.5. The second-order valence-electron chi connectivity index (χ2n) is 8.21. The van der Waals surface area contributed by atoms with Crippen molar-refractivity contribution >= 4 is 17.6 Å². The molecular weight excluding hydrogens is 400 g/mol. The van der Waals surface area contributed by atoms with Crippen LogP contribution in [0.15, 0.2) is 48.5 Å². The fourth-order valence-electron chi connectivity index (χ4n) is 2.90. The van der Waals surface area contributed by atoms with E-state index in [2.05, 4.69) is 52.0 Å². The lowest BCUT2D eigenvalue weighted by Crippen LogP contribution is -2.20. The Morgan fingerprint density at radius 1 is 0.900 bits per heavy atom. The summed E-state index contributed by atoms with van der Waals surface area (Å²) in [4.78, 5) is 10.8. The number of rotatable bonds is 11. The maximum Gasteiger partial charge on any atom is 0.302 e. The van der Waals surface area contributed by atoms with Gasteiger partial charge in [-0.05, 0) is 41.3 Å². The number of hydrogen-bond acceptors (Lipinski definition) is 4. The molecule has 0 saturated heterocycles. The van der Waals surface area contributed by atoms with Gasteiger partial charge in [-0.2, -0.15) is 0 Å². The number of alkyl halides is 1. The van der Waals surface area contributed by atoms with Crippen LogP contribution in [0.3, 0.4) is 0 Å². The van der Waals surface area contributed by atoms with Gasteiger partial charge in [0.25, 0.3) is 0 Å². The second kappa shape index (κ2) is 11.3. The molecule has 0 radical (unpaired) electrons. The van der Waals surface area contributed by atoms with E-state index >= 15 is 0 Å². The lowest BCUT2D eigenvalue weighted by molar-refractivity contribution is -0.141. The van der Waals surface area contributed by atoms with Crippen molar-refractivity contribution in [1.29, 1.82) is 0 Å².